The van der Waals surface area contributed by atoms with Gasteiger partial charge < -0.3 is 20.9 Å². The Kier molecular flexibility index (Phi) is 6.40. The fraction of sp³-hybridized carbons (Fsp3) is 0.400. The highest BCUT2D eigenvalue weighted by Gasteiger charge is 2.32. The van der Waals surface area contributed by atoms with E-state index in [-0.39, 0.29) is 40.2 Å². The molecule has 0 bridgehead atoms. The van der Waals surface area contributed by atoms with Gasteiger partial charge in [-0.3, -0.25) is 14.4 Å². The standard InChI is InChI=1S/C20H23ClFN5O3/c1-10-7-15(13(21)8-14(10)22)26-19(29)11-3-5-12(6-4-11)27(2)20(30)17-16(18(23)28)24-9-25-17/h7-9,11-12H,3-6H2,1-2H3,(H2,23,28)(H,24,25)(H,26,29). The lowest BCUT2D eigenvalue weighted by Gasteiger charge is -2.34. The van der Waals surface area contributed by atoms with Crippen LogP contribution in [0, 0.1) is 18.7 Å². The summed E-state index contributed by atoms with van der Waals surface area (Å²) in [6.45, 7) is 1.60. The molecule has 0 radical (unpaired) electrons. The molecule has 3 rings (SSSR count). The summed E-state index contributed by atoms with van der Waals surface area (Å²) in [4.78, 5) is 44.8. The number of amides is 3. The molecule has 0 saturated heterocycles. The van der Waals surface area contributed by atoms with Gasteiger partial charge in [-0.05, 0) is 50.3 Å². The normalized spacial score (nSPS) is 18.7. The summed E-state index contributed by atoms with van der Waals surface area (Å²) in [6, 6.07) is 2.61. The van der Waals surface area contributed by atoms with Gasteiger partial charge in [-0.15, -0.1) is 0 Å². The van der Waals surface area contributed by atoms with E-state index < -0.39 is 11.7 Å². The molecule has 4 N–H and O–H groups in total. The minimum Gasteiger partial charge on any atom is -0.364 e. The Balaban J connectivity index is 1.59. The van der Waals surface area contributed by atoms with Crippen LogP contribution < -0.4 is 11.1 Å². The summed E-state index contributed by atoms with van der Waals surface area (Å²) in [5.74, 6) is -1.99. The van der Waals surface area contributed by atoms with Gasteiger partial charge in [0.05, 0.1) is 17.0 Å². The molecule has 0 aliphatic heterocycles. The molecule has 1 aliphatic rings. The highest BCUT2D eigenvalue weighted by atomic mass is 35.5. The van der Waals surface area contributed by atoms with Crippen LogP contribution in [0.5, 0.6) is 0 Å². The van der Waals surface area contributed by atoms with Crippen LogP contribution in [0.15, 0.2) is 18.5 Å². The minimum absolute atomic E-state index is 0.0613. The van der Waals surface area contributed by atoms with Gasteiger partial charge in [-0.1, -0.05) is 11.6 Å². The first-order valence-electron chi connectivity index (χ1n) is 9.55. The first kappa shape index (κ1) is 21.8. The predicted octanol–water partition coefficient (Wildman–Crippen LogP) is 2.88. The van der Waals surface area contributed by atoms with Crippen LogP contribution in [0.2, 0.25) is 5.02 Å². The second kappa shape index (κ2) is 8.83. The summed E-state index contributed by atoms with van der Waals surface area (Å²) in [5, 5.41) is 2.92. The van der Waals surface area contributed by atoms with Gasteiger partial charge in [0.15, 0.2) is 5.69 Å². The third-order valence-electron chi connectivity index (χ3n) is 5.53. The van der Waals surface area contributed by atoms with E-state index in [0.717, 1.165) is 0 Å². The van der Waals surface area contributed by atoms with Crippen molar-refractivity contribution in [3.05, 3.63) is 46.3 Å². The number of H-pyrrole nitrogens is 1. The number of primary amides is 1. The Morgan fingerprint density at radius 1 is 1.27 bits per heavy atom. The Morgan fingerprint density at radius 3 is 2.57 bits per heavy atom. The fourth-order valence-electron chi connectivity index (χ4n) is 3.70. The van der Waals surface area contributed by atoms with E-state index >= 15 is 0 Å². The molecule has 0 atom stereocenters. The van der Waals surface area contributed by atoms with Crippen molar-refractivity contribution in [3.63, 3.8) is 0 Å². The van der Waals surface area contributed by atoms with Gasteiger partial charge >= 0.3 is 0 Å². The predicted molar refractivity (Wildman–Crippen MR) is 110 cm³/mol. The van der Waals surface area contributed by atoms with E-state index in [0.29, 0.717) is 36.9 Å². The first-order valence-corrected chi connectivity index (χ1v) is 9.93. The summed E-state index contributed by atoms with van der Waals surface area (Å²) in [7, 11) is 1.65. The van der Waals surface area contributed by atoms with Crippen LogP contribution in [0.1, 0.15) is 52.2 Å². The number of halogens is 2. The number of carbonyl (C=O) groups is 3. The highest BCUT2D eigenvalue weighted by molar-refractivity contribution is 6.33. The van der Waals surface area contributed by atoms with Crippen molar-refractivity contribution >= 4 is 35.0 Å². The SMILES string of the molecule is Cc1cc(NC(=O)C2CCC(N(C)C(=O)c3[nH]cnc3C(N)=O)CC2)c(Cl)cc1F. The number of carbonyl (C=O) groups excluding carboxylic acids is 3. The summed E-state index contributed by atoms with van der Waals surface area (Å²) < 4.78 is 13.5. The second-order valence-electron chi connectivity index (χ2n) is 7.48. The fourth-order valence-corrected chi connectivity index (χ4v) is 3.90. The lowest BCUT2D eigenvalue weighted by atomic mass is 9.84. The number of hydrogen-bond donors (Lipinski definition) is 3. The van der Waals surface area contributed by atoms with Crippen molar-refractivity contribution in [1.82, 2.24) is 14.9 Å². The number of nitrogens with zero attached hydrogens (tertiary/aromatic N) is 2. The number of aryl methyl sites for hydroxylation is 1. The first-order chi connectivity index (χ1) is 14.2. The van der Waals surface area contributed by atoms with Crippen LogP contribution in [-0.4, -0.2) is 45.7 Å². The third-order valence-corrected chi connectivity index (χ3v) is 5.84. The zero-order valence-corrected chi connectivity index (χ0v) is 17.4. The quantitative estimate of drug-likeness (QED) is 0.668. The van der Waals surface area contributed by atoms with E-state index in [4.69, 9.17) is 17.3 Å². The van der Waals surface area contributed by atoms with Gasteiger partial charge in [-0.2, -0.15) is 0 Å². The number of rotatable bonds is 5. The Bertz CT molecular complexity index is 985. The summed E-state index contributed by atoms with van der Waals surface area (Å²) in [6.07, 6.45) is 3.66. The van der Waals surface area contributed by atoms with Crippen molar-refractivity contribution in [1.29, 1.82) is 0 Å². The molecule has 8 nitrogen and oxygen atoms in total. The summed E-state index contributed by atoms with van der Waals surface area (Å²) >= 11 is 6.03. The van der Waals surface area contributed by atoms with Crippen molar-refractivity contribution in [2.45, 2.75) is 38.6 Å². The number of nitrogens with two attached hydrogens (primary N) is 1. The van der Waals surface area contributed by atoms with E-state index in [1.54, 1.807) is 18.9 Å². The maximum Gasteiger partial charge on any atom is 0.272 e. The average Bonchev–Trinajstić information content (AvgIpc) is 3.21. The van der Waals surface area contributed by atoms with Gasteiger partial charge in [-0.25, -0.2) is 9.37 Å². The van der Waals surface area contributed by atoms with Crippen molar-refractivity contribution in [3.8, 4) is 0 Å². The third kappa shape index (κ3) is 4.46. The Hall–Kier alpha value is -2.94. The van der Waals surface area contributed by atoms with Crippen LogP contribution in [0.4, 0.5) is 10.1 Å². The number of nitrogens with one attached hydrogen (secondary N) is 2. The lowest BCUT2D eigenvalue weighted by molar-refractivity contribution is -0.121. The number of hydrogen-bond acceptors (Lipinski definition) is 4. The molecule has 1 saturated carbocycles. The molecular formula is C20H23ClFN5O3. The number of benzene rings is 1. The Labute approximate surface area is 178 Å². The smallest absolute Gasteiger partial charge is 0.272 e. The molecule has 1 aliphatic carbocycles. The number of anilines is 1. The molecule has 160 valence electrons. The zero-order chi connectivity index (χ0) is 22.0. The van der Waals surface area contributed by atoms with Crippen LogP contribution in [0.3, 0.4) is 0 Å². The van der Waals surface area contributed by atoms with E-state index in [9.17, 15) is 18.8 Å². The minimum atomic E-state index is -0.775. The molecule has 1 heterocycles. The maximum absolute atomic E-state index is 13.5. The second-order valence-corrected chi connectivity index (χ2v) is 7.89. The molecule has 2 aromatic rings. The molecule has 30 heavy (non-hydrogen) atoms. The average molecular weight is 436 g/mol. The molecule has 1 aromatic heterocycles. The van der Waals surface area contributed by atoms with Gasteiger partial charge in [0.1, 0.15) is 11.5 Å². The summed E-state index contributed by atoms with van der Waals surface area (Å²) in [5.41, 5.74) is 6.00. The molecule has 1 aromatic carbocycles. The molecule has 3 amide bonds. The molecular weight excluding hydrogens is 413 g/mol. The largest absolute Gasteiger partial charge is 0.364 e. The van der Waals surface area contributed by atoms with E-state index in [1.807, 2.05) is 0 Å². The van der Waals surface area contributed by atoms with Gasteiger partial charge in [0.25, 0.3) is 11.8 Å². The van der Waals surface area contributed by atoms with Crippen LogP contribution >= 0.6 is 11.6 Å². The van der Waals surface area contributed by atoms with Crippen LogP contribution in [0.25, 0.3) is 0 Å². The van der Waals surface area contributed by atoms with Crippen molar-refractivity contribution < 1.29 is 18.8 Å². The van der Waals surface area contributed by atoms with E-state index in [2.05, 4.69) is 15.3 Å². The van der Waals surface area contributed by atoms with Gasteiger partial charge in [0, 0.05) is 19.0 Å². The van der Waals surface area contributed by atoms with E-state index in [1.165, 1.54) is 18.5 Å². The highest BCUT2D eigenvalue weighted by Crippen LogP contribution is 2.31. The molecule has 0 spiro atoms. The van der Waals surface area contributed by atoms with Crippen molar-refractivity contribution in [2.24, 2.45) is 11.7 Å². The number of aromatic amines is 1. The number of aromatic nitrogens is 2. The van der Waals surface area contributed by atoms with Gasteiger partial charge in [0.2, 0.25) is 5.91 Å². The van der Waals surface area contributed by atoms with Crippen molar-refractivity contribution in [2.75, 3.05) is 12.4 Å². The lowest BCUT2D eigenvalue weighted by Crippen LogP contribution is -2.41. The monoisotopic (exact) mass is 435 g/mol. The Morgan fingerprint density at radius 2 is 1.93 bits per heavy atom. The number of imidazole rings is 1. The topological polar surface area (TPSA) is 121 Å². The maximum atomic E-state index is 13.5. The molecule has 0 unspecified atom stereocenters. The zero-order valence-electron chi connectivity index (χ0n) is 16.7. The molecule has 1 fully saturated rings. The van der Waals surface area contributed by atoms with Crippen LogP contribution in [-0.2, 0) is 4.79 Å². The molecule has 10 heteroatoms.